The van der Waals surface area contributed by atoms with E-state index in [0.29, 0.717) is 37.8 Å². The van der Waals surface area contributed by atoms with E-state index in [1.165, 1.54) is 0 Å². The average molecular weight is 427 g/mol. The molecule has 4 rings (SSSR count). The molecule has 1 aliphatic heterocycles. The molecule has 0 unspecified atom stereocenters. The van der Waals surface area contributed by atoms with Crippen LogP contribution in [0.1, 0.15) is 31.1 Å². The zero-order chi connectivity index (χ0) is 21.1. The molecule has 158 valence electrons. The lowest BCUT2D eigenvalue weighted by atomic mass is 10.0. The Morgan fingerprint density at radius 1 is 0.900 bits per heavy atom. The largest absolute Gasteiger partial charge is 0.490 e. The van der Waals surface area contributed by atoms with Crippen molar-refractivity contribution in [3.05, 3.63) is 78.1 Å². The molecule has 1 aliphatic rings. The minimum Gasteiger partial charge on any atom is -0.490 e. The van der Waals surface area contributed by atoms with Gasteiger partial charge in [-0.2, -0.15) is 4.31 Å². The average Bonchev–Trinajstić information content (AvgIpc) is 3.24. The summed E-state index contributed by atoms with van der Waals surface area (Å²) in [5.74, 6) is 0.988. The Kier molecular flexibility index (Phi) is 5.83. The predicted octanol–water partition coefficient (Wildman–Crippen LogP) is 4.08. The fraction of sp³-hybridized carbons (Fsp3) is 0.304. The van der Waals surface area contributed by atoms with Gasteiger partial charge in [0.05, 0.1) is 24.2 Å². The van der Waals surface area contributed by atoms with Gasteiger partial charge in [-0.25, -0.2) is 8.42 Å². The van der Waals surface area contributed by atoms with Gasteiger partial charge in [-0.3, -0.25) is 0 Å². The highest BCUT2D eigenvalue weighted by atomic mass is 32.2. The molecule has 6 nitrogen and oxygen atoms in total. The molecule has 1 aromatic heterocycles. The molecule has 0 bridgehead atoms. The maximum absolute atomic E-state index is 13.7. The zero-order valence-electron chi connectivity index (χ0n) is 17.2. The normalized spacial score (nSPS) is 16.8. The Morgan fingerprint density at radius 3 is 2.37 bits per heavy atom. The summed E-state index contributed by atoms with van der Waals surface area (Å²) in [6.07, 6.45) is 2.00. The summed E-state index contributed by atoms with van der Waals surface area (Å²) in [5.41, 5.74) is 1.91. The van der Waals surface area contributed by atoms with E-state index < -0.39 is 10.0 Å². The Bertz CT molecular complexity index is 1110. The van der Waals surface area contributed by atoms with Gasteiger partial charge in [0, 0.05) is 31.0 Å². The van der Waals surface area contributed by atoms with Crippen LogP contribution >= 0.6 is 0 Å². The zero-order valence-corrected chi connectivity index (χ0v) is 18.0. The highest BCUT2D eigenvalue weighted by molar-refractivity contribution is 7.89. The molecular formula is C23H26N2O4S. The molecule has 0 radical (unpaired) electrons. The Morgan fingerprint density at radius 2 is 1.63 bits per heavy atom. The number of rotatable bonds is 7. The van der Waals surface area contributed by atoms with E-state index in [9.17, 15) is 8.42 Å². The highest BCUT2D eigenvalue weighted by Crippen LogP contribution is 2.38. The van der Waals surface area contributed by atoms with Crippen LogP contribution in [0.4, 0.5) is 0 Å². The van der Waals surface area contributed by atoms with E-state index in [4.69, 9.17) is 9.47 Å². The molecular weight excluding hydrogens is 400 g/mol. The summed E-state index contributed by atoms with van der Waals surface area (Å²) in [6, 6.07) is 18.2. The van der Waals surface area contributed by atoms with Crippen molar-refractivity contribution in [1.82, 2.24) is 8.87 Å². The van der Waals surface area contributed by atoms with Gasteiger partial charge in [-0.15, -0.1) is 0 Å². The van der Waals surface area contributed by atoms with Gasteiger partial charge in [0.25, 0.3) is 0 Å². The molecule has 0 amide bonds. The molecule has 7 heteroatoms. The lowest BCUT2D eigenvalue weighted by Gasteiger charge is -2.36. The first-order valence-electron chi connectivity index (χ1n) is 10.2. The predicted molar refractivity (Wildman–Crippen MR) is 115 cm³/mol. The van der Waals surface area contributed by atoms with Gasteiger partial charge in [0.1, 0.15) is 0 Å². The van der Waals surface area contributed by atoms with Crippen LogP contribution in [-0.4, -0.2) is 37.0 Å². The number of benzene rings is 2. The van der Waals surface area contributed by atoms with Crippen molar-refractivity contribution in [3.8, 4) is 11.5 Å². The van der Waals surface area contributed by atoms with Crippen LogP contribution in [0.3, 0.4) is 0 Å². The Balaban J connectivity index is 1.79. The lowest BCUT2D eigenvalue weighted by molar-refractivity contribution is 0.285. The van der Waals surface area contributed by atoms with E-state index in [1.807, 2.05) is 62.5 Å². The smallest absolute Gasteiger partial charge is 0.244 e. The Labute approximate surface area is 177 Å². The van der Waals surface area contributed by atoms with Crippen molar-refractivity contribution in [2.24, 2.45) is 0 Å². The van der Waals surface area contributed by atoms with Gasteiger partial charge in [-0.05, 0) is 43.7 Å². The van der Waals surface area contributed by atoms with Crippen LogP contribution in [0, 0.1) is 0 Å². The quantitative estimate of drug-likeness (QED) is 0.571. The lowest BCUT2D eigenvalue weighted by Crippen LogP contribution is -2.42. The number of sulfonamides is 1. The van der Waals surface area contributed by atoms with Crippen molar-refractivity contribution in [2.45, 2.75) is 31.3 Å². The number of hydrogen-bond acceptors (Lipinski definition) is 4. The topological polar surface area (TPSA) is 60.8 Å². The molecule has 0 fully saturated rings. The highest BCUT2D eigenvalue weighted by Gasteiger charge is 2.37. The van der Waals surface area contributed by atoms with Crippen LogP contribution in [-0.2, 0) is 16.6 Å². The van der Waals surface area contributed by atoms with Crippen LogP contribution in [0.5, 0.6) is 11.5 Å². The van der Waals surface area contributed by atoms with Gasteiger partial charge in [0.15, 0.2) is 11.5 Å². The van der Waals surface area contributed by atoms with Crippen molar-refractivity contribution in [3.63, 3.8) is 0 Å². The van der Waals surface area contributed by atoms with E-state index in [2.05, 4.69) is 4.57 Å². The van der Waals surface area contributed by atoms with Gasteiger partial charge >= 0.3 is 0 Å². The summed E-state index contributed by atoms with van der Waals surface area (Å²) < 4.78 is 42.5. The first-order valence-corrected chi connectivity index (χ1v) is 11.6. The molecule has 2 heterocycles. The first kappa shape index (κ1) is 20.5. The monoisotopic (exact) mass is 426 g/mol. The summed E-state index contributed by atoms with van der Waals surface area (Å²) in [5, 5.41) is 0. The third-order valence-electron chi connectivity index (χ3n) is 5.23. The summed E-state index contributed by atoms with van der Waals surface area (Å²) in [6.45, 7) is 5.65. The molecule has 2 aromatic carbocycles. The van der Waals surface area contributed by atoms with Gasteiger partial charge in [-0.1, -0.05) is 30.3 Å². The van der Waals surface area contributed by atoms with E-state index in [0.717, 1.165) is 11.3 Å². The summed E-state index contributed by atoms with van der Waals surface area (Å²) in [7, 11) is -3.77. The second-order valence-corrected chi connectivity index (χ2v) is 8.92. The third-order valence-corrected chi connectivity index (χ3v) is 7.09. The molecule has 0 saturated heterocycles. The molecule has 0 N–H and O–H groups in total. The van der Waals surface area contributed by atoms with Crippen LogP contribution in [0.15, 0.2) is 71.8 Å². The maximum atomic E-state index is 13.7. The van der Waals surface area contributed by atoms with Crippen molar-refractivity contribution in [2.75, 3.05) is 19.8 Å². The van der Waals surface area contributed by atoms with Crippen molar-refractivity contribution >= 4 is 10.0 Å². The standard InChI is InChI=1S/C23H26N2O4S/c1-3-28-21-13-12-19(17-22(21)29-4-2)30(26,27)25-16-15-24-14-8-11-20(24)23(25)18-9-6-5-7-10-18/h5-14,17,23H,3-4,15-16H2,1-2H3/t23-/m1/s1. The molecule has 1 atom stereocenters. The summed E-state index contributed by atoms with van der Waals surface area (Å²) in [4.78, 5) is 0.204. The molecule has 0 aliphatic carbocycles. The minimum absolute atomic E-state index is 0.204. The number of nitrogens with zero attached hydrogens (tertiary/aromatic N) is 2. The third kappa shape index (κ3) is 3.70. The SMILES string of the molecule is CCOc1ccc(S(=O)(=O)N2CCn3cccc3[C@H]2c2ccccc2)cc1OCC. The van der Waals surface area contributed by atoms with E-state index >= 15 is 0 Å². The van der Waals surface area contributed by atoms with Crippen LogP contribution in [0.2, 0.25) is 0 Å². The minimum atomic E-state index is -3.77. The first-order chi connectivity index (χ1) is 14.6. The second kappa shape index (κ2) is 8.53. The fourth-order valence-electron chi connectivity index (χ4n) is 3.92. The van der Waals surface area contributed by atoms with Crippen molar-refractivity contribution in [1.29, 1.82) is 0 Å². The number of hydrogen-bond donors (Lipinski definition) is 0. The second-order valence-electron chi connectivity index (χ2n) is 7.03. The Hall–Kier alpha value is -2.77. The summed E-state index contributed by atoms with van der Waals surface area (Å²) >= 11 is 0. The fourth-order valence-corrected chi connectivity index (χ4v) is 5.52. The molecule has 0 saturated carbocycles. The number of aromatic nitrogens is 1. The van der Waals surface area contributed by atoms with Crippen LogP contribution in [0.25, 0.3) is 0 Å². The maximum Gasteiger partial charge on any atom is 0.244 e. The van der Waals surface area contributed by atoms with Gasteiger partial charge in [0.2, 0.25) is 10.0 Å². The molecule has 0 spiro atoms. The molecule has 30 heavy (non-hydrogen) atoms. The number of fused-ring (bicyclic) bond motifs is 1. The van der Waals surface area contributed by atoms with Crippen LogP contribution < -0.4 is 9.47 Å². The molecule has 3 aromatic rings. The van der Waals surface area contributed by atoms with E-state index in [-0.39, 0.29) is 10.9 Å². The number of ether oxygens (including phenoxy) is 2. The van der Waals surface area contributed by atoms with Gasteiger partial charge < -0.3 is 14.0 Å². The van der Waals surface area contributed by atoms with Crippen molar-refractivity contribution < 1.29 is 17.9 Å². The van der Waals surface area contributed by atoms with E-state index in [1.54, 1.807) is 22.5 Å².